The molecule has 86 valence electrons. The molecule has 0 aromatic heterocycles. The Bertz CT molecular complexity index is 323. The van der Waals surface area contributed by atoms with Crippen LogP contribution in [0.5, 0.6) is 0 Å². The highest BCUT2D eigenvalue weighted by molar-refractivity contribution is 7.89. The minimum Gasteiger partial charge on any atom is -0.212 e. The highest BCUT2D eigenvalue weighted by Crippen LogP contribution is 2.25. The third-order valence-corrected chi connectivity index (χ3v) is 4.93. The standard InChI is InChI=1S/C11H19NO2S/c1-3-9-12(2)15(13,14)10-11-7-5-4-6-8-11/h1,11H,4-10H2,2H3. The molecule has 0 spiro atoms. The lowest BCUT2D eigenvalue weighted by atomic mass is 9.91. The summed E-state index contributed by atoms with van der Waals surface area (Å²) in [7, 11) is -1.58. The van der Waals surface area contributed by atoms with Crippen molar-refractivity contribution >= 4 is 10.0 Å². The molecule has 15 heavy (non-hydrogen) atoms. The van der Waals surface area contributed by atoms with Crippen molar-refractivity contribution in [3.63, 3.8) is 0 Å². The molecule has 0 N–H and O–H groups in total. The third-order valence-electron chi connectivity index (χ3n) is 2.96. The van der Waals surface area contributed by atoms with Gasteiger partial charge in [-0.3, -0.25) is 0 Å². The number of hydrogen-bond donors (Lipinski definition) is 0. The van der Waals surface area contributed by atoms with E-state index in [1.54, 1.807) is 7.05 Å². The van der Waals surface area contributed by atoms with Crippen molar-refractivity contribution in [1.82, 2.24) is 4.31 Å². The van der Waals surface area contributed by atoms with Crippen molar-refractivity contribution in [3.05, 3.63) is 0 Å². The van der Waals surface area contributed by atoms with Gasteiger partial charge in [0.25, 0.3) is 0 Å². The Labute approximate surface area is 92.9 Å². The Kier molecular flexibility index (Phi) is 4.62. The molecule has 1 saturated carbocycles. The molecular formula is C11H19NO2S. The molecule has 0 amide bonds. The number of sulfonamides is 1. The lowest BCUT2D eigenvalue weighted by Gasteiger charge is -2.23. The SMILES string of the molecule is C#CCN(C)S(=O)(=O)CC1CCCCC1. The van der Waals surface area contributed by atoms with Crippen molar-refractivity contribution in [3.8, 4) is 12.3 Å². The zero-order valence-corrected chi connectivity index (χ0v) is 10.1. The number of terminal acetylenes is 1. The fourth-order valence-electron chi connectivity index (χ4n) is 2.01. The first-order valence-corrected chi connectivity index (χ1v) is 7.04. The molecule has 1 rings (SSSR count). The second-order valence-electron chi connectivity index (χ2n) is 4.24. The summed E-state index contributed by atoms with van der Waals surface area (Å²) < 4.78 is 24.9. The van der Waals surface area contributed by atoms with Gasteiger partial charge in [0.15, 0.2) is 0 Å². The van der Waals surface area contributed by atoms with Gasteiger partial charge in [-0.25, -0.2) is 8.42 Å². The van der Waals surface area contributed by atoms with Crippen LogP contribution in [-0.2, 0) is 10.0 Å². The van der Waals surface area contributed by atoms with Crippen LogP contribution < -0.4 is 0 Å². The molecule has 0 atom stereocenters. The van der Waals surface area contributed by atoms with E-state index in [9.17, 15) is 8.42 Å². The summed E-state index contributed by atoms with van der Waals surface area (Å²) in [5.41, 5.74) is 0. The maximum absolute atomic E-state index is 11.8. The predicted molar refractivity (Wildman–Crippen MR) is 61.8 cm³/mol. The van der Waals surface area contributed by atoms with Crippen LogP contribution in [0.2, 0.25) is 0 Å². The zero-order valence-electron chi connectivity index (χ0n) is 9.28. The highest BCUT2D eigenvalue weighted by atomic mass is 32.2. The molecule has 0 unspecified atom stereocenters. The first kappa shape index (κ1) is 12.5. The minimum absolute atomic E-state index is 0.176. The van der Waals surface area contributed by atoms with E-state index in [0.29, 0.717) is 5.92 Å². The first-order chi connectivity index (χ1) is 7.06. The molecule has 3 nitrogen and oxygen atoms in total. The van der Waals surface area contributed by atoms with Crippen LogP contribution in [0.25, 0.3) is 0 Å². The van der Waals surface area contributed by atoms with E-state index in [2.05, 4.69) is 5.92 Å². The molecule has 0 aromatic rings. The summed E-state index contributed by atoms with van der Waals surface area (Å²) in [6, 6.07) is 0. The molecule has 0 heterocycles. The molecule has 4 heteroatoms. The van der Waals surface area contributed by atoms with Crippen LogP contribution in [0.15, 0.2) is 0 Å². The van der Waals surface area contributed by atoms with E-state index in [4.69, 9.17) is 6.42 Å². The average molecular weight is 229 g/mol. The fraction of sp³-hybridized carbons (Fsp3) is 0.818. The van der Waals surface area contributed by atoms with Crippen LogP contribution in [0.4, 0.5) is 0 Å². The van der Waals surface area contributed by atoms with Gasteiger partial charge in [-0.05, 0) is 18.8 Å². The summed E-state index contributed by atoms with van der Waals surface area (Å²) in [5, 5.41) is 0. The van der Waals surface area contributed by atoms with E-state index in [0.717, 1.165) is 12.8 Å². The van der Waals surface area contributed by atoms with Crippen molar-refractivity contribution in [1.29, 1.82) is 0 Å². The second kappa shape index (κ2) is 5.53. The van der Waals surface area contributed by atoms with Gasteiger partial charge >= 0.3 is 0 Å². The maximum Gasteiger partial charge on any atom is 0.214 e. The van der Waals surface area contributed by atoms with E-state index < -0.39 is 10.0 Å². The molecule has 1 aliphatic carbocycles. The van der Waals surface area contributed by atoms with E-state index in [1.807, 2.05) is 0 Å². The van der Waals surface area contributed by atoms with Gasteiger partial charge in [0.05, 0.1) is 12.3 Å². The zero-order chi connectivity index (χ0) is 11.3. The Morgan fingerprint density at radius 3 is 2.47 bits per heavy atom. The monoisotopic (exact) mass is 229 g/mol. The molecule has 0 aliphatic heterocycles. The fourth-order valence-corrected chi connectivity index (χ4v) is 3.46. The quantitative estimate of drug-likeness (QED) is 0.684. The highest BCUT2D eigenvalue weighted by Gasteiger charge is 2.24. The number of hydrogen-bond acceptors (Lipinski definition) is 2. The Morgan fingerprint density at radius 2 is 1.93 bits per heavy atom. The lowest BCUT2D eigenvalue weighted by Crippen LogP contribution is -2.33. The van der Waals surface area contributed by atoms with Gasteiger partial charge in [-0.15, -0.1) is 6.42 Å². The predicted octanol–water partition coefficient (Wildman–Crippen LogP) is 1.46. The average Bonchev–Trinajstić information content (AvgIpc) is 2.19. The minimum atomic E-state index is -3.13. The summed E-state index contributed by atoms with van der Waals surface area (Å²) in [6.45, 7) is 0.176. The van der Waals surface area contributed by atoms with Crippen LogP contribution in [0.3, 0.4) is 0 Å². The first-order valence-electron chi connectivity index (χ1n) is 5.43. The summed E-state index contributed by atoms with van der Waals surface area (Å²) in [4.78, 5) is 0. The number of nitrogens with zero attached hydrogens (tertiary/aromatic N) is 1. The van der Waals surface area contributed by atoms with Crippen LogP contribution >= 0.6 is 0 Å². The van der Waals surface area contributed by atoms with Crippen molar-refractivity contribution in [2.24, 2.45) is 5.92 Å². The van der Waals surface area contributed by atoms with Crippen LogP contribution in [0.1, 0.15) is 32.1 Å². The second-order valence-corrected chi connectivity index (χ2v) is 6.36. The summed E-state index contributed by atoms with van der Waals surface area (Å²) in [6.07, 6.45) is 10.8. The summed E-state index contributed by atoms with van der Waals surface area (Å²) in [5.74, 6) is 2.96. The van der Waals surface area contributed by atoms with Gasteiger partial charge in [0.2, 0.25) is 10.0 Å². The largest absolute Gasteiger partial charge is 0.214 e. The lowest BCUT2D eigenvalue weighted by molar-refractivity contribution is 0.378. The molecule has 0 saturated heterocycles. The molecule has 1 fully saturated rings. The third kappa shape index (κ3) is 3.84. The van der Waals surface area contributed by atoms with E-state index in [1.165, 1.54) is 23.6 Å². The maximum atomic E-state index is 11.8. The van der Waals surface area contributed by atoms with Crippen molar-refractivity contribution in [2.45, 2.75) is 32.1 Å². The van der Waals surface area contributed by atoms with E-state index >= 15 is 0 Å². The molecular weight excluding hydrogens is 210 g/mol. The molecule has 1 aliphatic rings. The van der Waals surface area contributed by atoms with Crippen molar-refractivity contribution in [2.75, 3.05) is 19.3 Å². The Hall–Kier alpha value is -0.530. The van der Waals surface area contributed by atoms with Gasteiger partial charge < -0.3 is 0 Å². The van der Waals surface area contributed by atoms with Crippen molar-refractivity contribution < 1.29 is 8.42 Å². The Morgan fingerprint density at radius 1 is 1.33 bits per heavy atom. The van der Waals surface area contributed by atoms with Gasteiger partial charge in [-0.1, -0.05) is 25.2 Å². The van der Waals surface area contributed by atoms with Gasteiger partial charge in [-0.2, -0.15) is 4.31 Å². The van der Waals surface area contributed by atoms with Gasteiger partial charge in [0, 0.05) is 7.05 Å². The van der Waals surface area contributed by atoms with Crippen LogP contribution in [-0.4, -0.2) is 32.1 Å². The smallest absolute Gasteiger partial charge is 0.212 e. The molecule has 0 aromatic carbocycles. The Balaban J connectivity index is 2.51. The van der Waals surface area contributed by atoms with E-state index in [-0.39, 0.29) is 12.3 Å². The topological polar surface area (TPSA) is 37.4 Å². The van der Waals surface area contributed by atoms with Crippen LogP contribution in [0, 0.1) is 18.3 Å². The summed E-state index contributed by atoms with van der Waals surface area (Å²) >= 11 is 0. The molecule has 0 bridgehead atoms. The van der Waals surface area contributed by atoms with Gasteiger partial charge in [0.1, 0.15) is 0 Å². The number of rotatable bonds is 4. The molecule has 0 radical (unpaired) electrons. The normalized spacial score (nSPS) is 19.0.